The van der Waals surface area contributed by atoms with E-state index in [-0.39, 0.29) is 5.91 Å². The van der Waals surface area contributed by atoms with Gasteiger partial charge in [0, 0.05) is 39.1 Å². The van der Waals surface area contributed by atoms with E-state index in [1.807, 2.05) is 4.90 Å². The van der Waals surface area contributed by atoms with Crippen LogP contribution < -0.4 is 5.32 Å². The number of hydrogen-bond donors (Lipinski definition) is 1. The summed E-state index contributed by atoms with van der Waals surface area (Å²) in [5.41, 5.74) is 0. The van der Waals surface area contributed by atoms with Gasteiger partial charge in [-0.2, -0.15) is 5.26 Å². The lowest BCUT2D eigenvalue weighted by molar-refractivity contribution is -0.132. The third-order valence-electron chi connectivity index (χ3n) is 4.26. The molecule has 1 unspecified atom stereocenters. The summed E-state index contributed by atoms with van der Waals surface area (Å²) in [7, 11) is 0. The monoisotopic (exact) mass is 294 g/mol. The van der Waals surface area contributed by atoms with Crippen molar-refractivity contribution in [2.45, 2.75) is 19.3 Å². The first kappa shape index (κ1) is 16.2. The fourth-order valence-electron chi connectivity index (χ4n) is 2.90. The molecule has 0 radical (unpaired) electrons. The highest BCUT2D eigenvalue weighted by Gasteiger charge is 2.22. The summed E-state index contributed by atoms with van der Waals surface area (Å²) in [6.07, 6.45) is 2.11. The van der Waals surface area contributed by atoms with Crippen molar-refractivity contribution in [2.75, 3.05) is 59.0 Å². The van der Waals surface area contributed by atoms with Crippen molar-refractivity contribution in [3.63, 3.8) is 0 Å². The van der Waals surface area contributed by atoms with Crippen LogP contribution in [0.4, 0.5) is 0 Å². The second-order valence-electron chi connectivity index (χ2n) is 5.81. The lowest BCUT2D eigenvalue weighted by Gasteiger charge is -2.30. The van der Waals surface area contributed by atoms with Crippen molar-refractivity contribution < 1.29 is 9.53 Å². The minimum Gasteiger partial charge on any atom is -0.379 e. The smallest absolute Gasteiger partial charge is 0.222 e. The summed E-state index contributed by atoms with van der Waals surface area (Å²) in [5, 5.41) is 12.1. The Balaban J connectivity index is 1.77. The first-order valence-corrected chi connectivity index (χ1v) is 7.95. The highest BCUT2D eigenvalue weighted by molar-refractivity contribution is 5.76. The normalized spacial score (nSPS) is 22.9. The van der Waals surface area contributed by atoms with E-state index in [9.17, 15) is 4.79 Å². The van der Waals surface area contributed by atoms with E-state index < -0.39 is 0 Å². The van der Waals surface area contributed by atoms with Gasteiger partial charge in [-0.3, -0.25) is 9.69 Å². The van der Waals surface area contributed by atoms with Crippen LogP contribution in [0.1, 0.15) is 19.3 Å². The molecule has 0 saturated carbocycles. The van der Waals surface area contributed by atoms with Gasteiger partial charge in [-0.1, -0.05) is 0 Å². The van der Waals surface area contributed by atoms with Crippen LogP contribution in [0.3, 0.4) is 0 Å². The molecule has 6 nitrogen and oxygen atoms in total. The van der Waals surface area contributed by atoms with Gasteiger partial charge < -0.3 is 15.0 Å². The summed E-state index contributed by atoms with van der Waals surface area (Å²) in [6.45, 7) is 7.55. The molecule has 2 saturated heterocycles. The molecule has 2 aliphatic rings. The Bertz CT molecular complexity index is 357. The number of nitrogens with zero attached hydrogens (tertiary/aromatic N) is 3. The van der Waals surface area contributed by atoms with Crippen molar-refractivity contribution in [2.24, 2.45) is 5.92 Å². The summed E-state index contributed by atoms with van der Waals surface area (Å²) >= 11 is 0. The Labute approximate surface area is 127 Å². The van der Waals surface area contributed by atoms with Crippen LogP contribution in [-0.4, -0.2) is 74.7 Å². The lowest BCUT2D eigenvalue weighted by Crippen LogP contribution is -2.43. The van der Waals surface area contributed by atoms with Gasteiger partial charge in [-0.25, -0.2) is 0 Å². The first-order valence-electron chi connectivity index (χ1n) is 7.95. The summed E-state index contributed by atoms with van der Waals surface area (Å²) in [6, 6.07) is 2.14. The third kappa shape index (κ3) is 5.62. The molecule has 118 valence electrons. The maximum Gasteiger partial charge on any atom is 0.222 e. The molecule has 2 rings (SSSR count). The highest BCUT2D eigenvalue weighted by atomic mass is 16.5. The number of hydrogen-bond acceptors (Lipinski definition) is 5. The van der Waals surface area contributed by atoms with Gasteiger partial charge in [0.2, 0.25) is 5.91 Å². The Hall–Kier alpha value is -1.16. The predicted octanol–water partition coefficient (Wildman–Crippen LogP) is 0.0605. The zero-order valence-corrected chi connectivity index (χ0v) is 12.7. The molecule has 1 amide bonds. The molecule has 0 aromatic carbocycles. The van der Waals surface area contributed by atoms with Crippen molar-refractivity contribution in [1.82, 2.24) is 15.1 Å². The number of nitriles is 1. The second-order valence-corrected chi connectivity index (χ2v) is 5.81. The minimum atomic E-state index is 0.201. The van der Waals surface area contributed by atoms with Crippen LogP contribution in [-0.2, 0) is 9.53 Å². The zero-order valence-electron chi connectivity index (χ0n) is 12.7. The van der Waals surface area contributed by atoms with E-state index in [0.29, 0.717) is 25.3 Å². The summed E-state index contributed by atoms with van der Waals surface area (Å²) < 4.78 is 5.34. The Morgan fingerprint density at radius 2 is 2.19 bits per heavy atom. The first-order chi connectivity index (χ1) is 10.3. The largest absolute Gasteiger partial charge is 0.379 e. The molecule has 6 heteroatoms. The van der Waals surface area contributed by atoms with Crippen molar-refractivity contribution in [1.29, 1.82) is 5.26 Å². The maximum absolute atomic E-state index is 12.4. The van der Waals surface area contributed by atoms with Gasteiger partial charge in [-0.15, -0.1) is 0 Å². The standard InChI is InChI=1S/C15H26N4O2/c16-3-1-5-19(7-6-18-8-10-21-11-9-18)15(20)12-14-2-4-17-13-14/h14,17H,1-2,4-13H2. The highest BCUT2D eigenvalue weighted by Crippen LogP contribution is 2.14. The molecule has 0 aliphatic carbocycles. The Kier molecular flexibility index (Phi) is 6.93. The molecule has 2 aliphatic heterocycles. The Morgan fingerprint density at radius 1 is 1.38 bits per heavy atom. The molecule has 0 aromatic rings. The van der Waals surface area contributed by atoms with E-state index in [2.05, 4.69) is 16.3 Å². The van der Waals surface area contributed by atoms with Gasteiger partial charge >= 0.3 is 0 Å². The molecule has 1 atom stereocenters. The van der Waals surface area contributed by atoms with E-state index in [4.69, 9.17) is 10.00 Å². The molecule has 0 aromatic heterocycles. The fourth-order valence-corrected chi connectivity index (χ4v) is 2.90. The summed E-state index contributed by atoms with van der Waals surface area (Å²) in [5.74, 6) is 0.665. The molecular formula is C15H26N4O2. The number of nitrogens with one attached hydrogen (secondary N) is 1. The summed E-state index contributed by atoms with van der Waals surface area (Å²) in [4.78, 5) is 16.6. The second kappa shape index (κ2) is 8.98. The van der Waals surface area contributed by atoms with Gasteiger partial charge in [0.25, 0.3) is 0 Å². The van der Waals surface area contributed by atoms with Crippen molar-refractivity contribution >= 4 is 5.91 Å². The van der Waals surface area contributed by atoms with Crippen LogP contribution in [0.25, 0.3) is 0 Å². The van der Waals surface area contributed by atoms with Crippen LogP contribution in [0.5, 0.6) is 0 Å². The van der Waals surface area contributed by atoms with E-state index in [1.54, 1.807) is 0 Å². The van der Waals surface area contributed by atoms with Gasteiger partial charge in [0.1, 0.15) is 0 Å². The number of ether oxygens (including phenoxy) is 1. The lowest BCUT2D eigenvalue weighted by atomic mass is 10.0. The number of morpholine rings is 1. The van der Waals surface area contributed by atoms with E-state index in [1.165, 1.54) is 0 Å². The van der Waals surface area contributed by atoms with E-state index >= 15 is 0 Å². The predicted molar refractivity (Wildman–Crippen MR) is 79.7 cm³/mol. The van der Waals surface area contributed by atoms with Crippen LogP contribution in [0, 0.1) is 17.2 Å². The zero-order chi connectivity index (χ0) is 14.9. The van der Waals surface area contributed by atoms with Gasteiger partial charge in [-0.05, 0) is 25.4 Å². The number of carbonyl (C=O) groups excluding carboxylic acids is 1. The molecular weight excluding hydrogens is 268 g/mol. The number of rotatable bonds is 7. The number of carbonyl (C=O) groups is 1. The average molecular weight is 294 g/mol. The van der Waals surface area contributed by atoms with Gasteiger partial charge in [0.05, 0.1) is 25.7 Å². The minimum absolute atomic E-state index is 0.201. The number of amides is 1. The van der Waals surface area contributed by atoms with Crippen LogP contribution in [0.2, 0.25) is 0 Å². The fraction of sp³-hybridized carbons (Fsp3) is 0.867. The third-order valence-corrected chi connectivity index (χ3v) is 4.26. The SMILES string of the molecule is N#CCCN(CCN1CCOCC1)C(=O)CC1CCNC1. The van der Waals surface area contributed by atoms with Crippen LogP contribution in [0.15, 0.2) is 0 Å². The van der Waals surface area contributed by atoms with Gasteiger partial charge in [0.15, 0.2) is 0 Å². The molecule has 1 N–H and O–H groups in total. The average Bonchev–Trinajstić information content (AvgIpc) is 3.01. The topological polar surface area (TPSA) is 68.6 Å². The quantitative estimate of drug-likeness (QED) is 0.719. The van der Waals surface area contributed by atoms with E-state index in [0.717, 1.165) is 58.9 Å². The van der Waals surface area contributed by atoms with Crippen LogP contribution >= 0.6 is 0 Å². The molecule has 21 heavy (non-hydrogen) atoms. The maximum atomic E-state index is 12.4. The molecule has 0 spiro atoms. The molecule has 2 fully saturated rings. The molecule has 2 heterocycles. The van der Waals surface area contributed by atoms with Crippen molar-refractivity contribution in [3.05, 3.63) is 0 Å². The van der Waals surface area contributed by atoms with Crippen molar-refractivity contribution in [3.8, 4) is 6.07 Å². The molecule has 0 bridgehead atoms. The Morgan fingerprint density at radius 3 is 2.86 bits per heavy atom.